The van der Waals surface area contributed by atoms with Crippen molar-refractivity contribution in [1.29, 1.82) is 0 Å². The fourth-order valence-electron chi connectivity index (χ4n) is 1.68. The minimum Gasteiger partial charge on any atom is -0.482 e. The molecule has 0 fully saturated rings. The van der Waals surface area contributed by atoms with Crippen LogP contribution in [0.3, 0.4) is 0 Å². The van der Waals surface area contributed by atoms with Crippen molar-refractivity contribution in [2.24, 2.45) is 0 Å². The minimum absolute atomic E-state index is 0.0696. The van der Waals surface area contributed by atoms with Crippen LogP contribution in [0.15, 0.2) is 53.4 Å². The highest BCUT2D eigenvalue weighted by atomic mass is 32.2. The summed E-state index contributed by atoms with van der Waals surface area (Å²) in [6, 6.07) is 10.5. The van der Waals surface area contributed by atoms with Crippen molar-refractivity contribution in [1.82, 2.24) is 0 Å². The van der Waals surface area contributed by atoms with Gasteiger partial charge in [-0.1, -0.05) is 6.07 Å². The summed E-state index contributed by atoms with van der Waals surface area (Å²) < 4.78 is 49.2. The van der Waals surface area contributed by atoms with Crippen LogP contribution in [0.25, 0.3) is 0 Å². The Bertz CT molecular complexity index is 790. The van der Waals surface area contributed by atoms with Gasteiger partial charge in [0.2, 0.25) is 0 Å². The monoisotopic (exact) mass is 339 g/mol. The average molecular weight is 339 g/mol. The molecule has 2 rings (SSSR count). The first kappa shape index (κ1) is 16.8. The number of hydrogen-bond donors (Lipinski definition) is 1. The molecule has 0 aliphatic heterocycles. The van der Waals surface area contributed by atoms with Crippen LogP contribution in [-0.2, 0) is 19.6 Å². The maximum atomic E-state index is 12.9. The van der Waals surface area contributed by atoms with E-state index in [0.717, 1.165) is 24.3 Å². The molecule has 0 aliphatic rings. The summed E-state index contributed by atoms with van der Waals surface area (Å²) in [7, 11) is -2.61. The van der Waals surface area contributed by atoms with Gasteiger partial charge < -0.3 is 9.47 Å². The number of sulfonamides is 1. The summed E-state index contributed by atoms with van der Waals surface area (Å²) in [6.07, 6.45) is 0. The summed E-state index contributed by atoms with van der Waals surface area (Å²) in [6.45, 7) is -0.287. The zero-order valence-electron chi connectivity index (χ0n) is 12.2. The van der Waals surface area contributed by atoms with E-state index >= 15 is 0 Å². The zero-order chi connectivity index (χ0) is 16.9. The molecule has 8 heteroatoms. The molecule has 0 saturated heterocycles. The lowest BCUT2D eigenvalue weighted by Crippen LogP contribution is -2.14. The predicted molar refractivity (Wildman–Crippen MR) is 81.2 cm³/mol. The van der Waals surface area contributed by atoms with Crippen molar-refractivity contribution in [2.75, 3.05) is 18.4 Å². The van der Waals surface area contributed by atoms with Crippen LogP contribution in [0.5, 0.6) is 5.75 Å². The number of methoxy groups -OCH3 is 1. The molecule has 1 N–H and O–H groups in total. The number of carbonyl (C=O) groups excluding carboxylic acids is 1. The quantitative estimate of drug-likeness (QED) is 0.816. The van der Waals surface area contributed by atoms with E-state index in [2.05, 4.69) is 9.46 Å². The number of benzene rings is 2. The van der Waals surface area contributed by atoms with E-state index in [0.29, 0.717) is 5.75 Å². The van der Waals surface area contributed by atoms with Crippen LogP contribution in [0.2, 0.25) is 0 Å². The van der Waals surface area contributed by atoms with Gasteiger partial charge in [-0.15, -0.1) is 0 Å². The van der Waals surface area contributed by atoms with Crippen molar-refractivity contribution in [3.8, 4) is 5.75 Å². The molecule has 0 spiro atoms. The second kappa shape index (κ2) is 7.10. The highest BCUT2D eigenvalue weighted by Crippen LogP contribution is 2.21. The van der Waals surface area contributed by atoms with Crippen LogP contribution in [0, 0.1) is 5.82 Å². The lowest BCUT2D eigenvalue weighted by atomic mass is 10.3. The molecule has 23 heavy (non-hydrogen) atoms. The number of carbonyl (C=O) groups is 1. The van der Waals surface area contributed by atoms with Crippen LogP contribution in [0.4, 0.5) is 10.1 Å². The van der Waals surface area contributed by atoms with E-state index in [9.17, 15) is 17.6 Å². The normalized spacial score (nSPS) is 10.9. The lowest BCUT2D eigenvalue weighted by molar-refractivity contribution is -0.142. The van der Waals surface area contributed by atoms with E-state index in [1.54, 1.807) is 12.1 Å². The predicted octanol–water partition coefficient (Wildman–Crippen LogP) is 2.18. The van der Waals surface area contributed by atoms with Crippen molar-refractivity contribution < 1.29 is 27.1 Å². The summed E-state index contributed by atoms with van der Waals surface area (Å²) in [5, 5.41) is 0. The number of halogens is 1. The molecular weight excluding hydrogens is 325 g/mol. The minimum atomic E-state index is -3.85. The molecule has 6 nitrogen and oxygen atoms in total. The molecular formula is C15H14FNO5S. The molecule has 0 atom stereocenters. The highest BCUT2D eigenvalue weighted by Gasteiger charge is 2.14. The fourth-order valence-corrected chi connectivity index (χ4v) is 2.73. The Hall–Kier alpha value is -2.61. The smallest absolute Gasteiger partial charge is 0.343 e. The third kappa shape index (κ3) is 4.68. The summed E-state index contributed by atoms with van der Waals surface area (Å²) in [4.78, 5) is 11.0. The maximum absolute atomic E-state index is 12.9. The van der Waals surface area contributed by atoms with Crippen molar-refractivity contribution in [3.63, 3.8) is 0 Å². The Morgan fingerprint density at radius 3 is 2.52 bits per heavy atom. The van der Waals surface area contributed by atoms with Gasteiger partial charge in [-0.05, 0) is 36.4 Å². The average Bonchev–Trinajstić information content (AvgIpc) is 2.53. The van der Waals surface area contributed by atoms with Crippen LogP contribution >= 0.6 is 0 Å². The molecule has 2 aromatic rings. The summed E-state index contributed by atoms with van der Waals surface area (Å²) in [5.74, 6) is -0.779. The van der Waals surface area contributed by atoms with Gasteiger partial charge in [0, 0.05) is 6.07 Å². The maximum Gasteiger partial charge on any atom is 0.343 e. The number of hydrogen-bond acceptors (Lipinski definition) is 5. The Morgan fingerprint density at radius 1 is 1.17 bits per heavy atom. The molecule has 0 amide bonds. The van der Waals surface area contributed by atoms with Crippen LogP contribution < -0.4 is 9.46 Å². The number of esters is 1. The van der Waals surface area contributed by atoms with Gasteiger partial charge in [0.05, 0.1) is 17.7 Å². The topological polar surface area (TPSA) is 81.7 Å². The second-order valence-electron chi connectivity index (χ2n) is 4.45. The third-order valence-corrected chi connectivity index (χ3v) is 4.19. The van der Waals surface area contributed by atoms with Crippen molar-refractivity contribution >= 4 is 21.7 Å². The van der Waals surface area contributed by atoms with Crippen molar-refractivity contribution in [2.45, 2.75) is 4.90 Å². The summed E-state index contributed by atoms with van der Waals surface area (Å²) >= 11 is 0. The Kier molecular flexibility index (Phi) is 5.17. The first-order valence-corrected chi connectivity index (χ1v) is 7.97. The van der Waals surface area contributed by atoms with E-state index in [4.69, 9.17) is 4.74 Å². The van der Waals surface area contributed by atoms with E-state index in [-0.39, 0.29) is 17.2 Å². The Labute approximate surface area is 132 Å². The number of anilines is 1. The van der Waals surface area contributed by atoms with Gasteiger partial charge >= 0.3 is 5.97 Å². The molecule has 122 valence electrons. The van der Waals surface area contributed by atoms with Gasteiger partial charge in [0.25, 0.3) is 10.0 Å². The van der Waals surface area contributed by atoms with Gasteiger partial charge in [0.1, 0.15) is 11.6 Å². The second-order valence-corrected chi connectivity index (χ2v) is 6.13. The molecule has 0 aliphatic carbocycles. The van der Waals surface area contributed by atoms with Gasteiger partial charge in [-0.3, -0.25) is 4.72 Å². The van der Waals surface area contributed by atoms with Gasteiger partial charge in [-0.2, -0.15) is 0 Å². The number of nitrogens with one attached hydrogen (secondary N) is 1. The molecule has 2 aromatic carbocycles. The molecule has 0 bridgehead atoms. The SMILES string of the molecule is COC(=O)COc1cccc(NS(=O)(=O)c2ccc(F)cc2)c1. The van der Waals surface area contributed by atoms with E-state index in [1.807, 2.05) is 0 Å². The van der Waals surface area contributed by atoms with Gasteiger partial charge in [-0.25, -0.2) is 17.6 Å². The molecule has 0 radical (unpaired) electrons. The Morgan fingerprint density at radius 2 is 1.87 bits per heavy atom. The molecule has 0 aromatic heterocycles. The van der Waals surface area contributed by atoms with Crippen LogP contribution in [-0.4, -0.2) is 28.1 Å². The van der Waals surface area contributed by atoms with E-state index in [1.165, 1.54) is 19.2 Å². The zero-order valence-corrected chi connectivity index (χ0v) is 13.0. The molecule has 0 heterocycles. The molecule has 0 saturated carbocycles. The first-order chi connectivity index (χ1) is 10.9. The largest absolute Gasteiger partial charge is 0.482 e. The van der Waals surface area contributed by atoms with Crippen molar-refractivity contribution in [3.05, 3.63) is 54.3 Å². The lowest BCUT2D eigenvalue weighted by Gasteiger charge is -2.10. The Balaban J connectivity index is 2.13. The summed E-state index contributed by atoms with van der Waals surface area (Å²) in [5.41, 5.74) is 0.247. The van der Waals surface area contributed by atoms with E-state index < -0.39 is 21.8 Å². The van der Waals surface area contributed by atoms with Gasteiger partial charge in [0.15, 0.2) is 6.61 Å². The standard InChI is InChI=1S/C15H14FNO5S/c1-21-15(18)10-22-13-4-2-3-12(9-13)17-23(19,20)14-7-5-11(16)6-8-14/h2-9,17H,10H2,1H3. The third-order valence-electron chi connectivity index (χ3n) is 2.79. The van der Waals surface area contributed by atoms with Crippen LogP contribution in [0.1, 0.15) is 0 Å². The first-order valence-electron chi connectivity index (χ1n) is 6.49. The fraction of sp³-hybridized carbons (Fsp3) is 0.133. The number of ether oxygens (including phenoxy) is 2. The molecule has 0 unspecified atom stereocenters. The highest BCUT2D eigenvalue weighted by molar-refractivity contribution is 7.92. The number of rotatable bonds is 6.